The third kappa shape index (κ3) is 10.3. The molecule has 0 aliphatic rings. The van der Waals surface area contributed by atoms with Crippen molar-refractivity contribution in [2.24, 2.45) is 21.9 Å². The zero-order valence-corrected chi connectivity index (χ0v) is 17.1. The number of nitrogens with two attached hydrogens (primary N) is 2. The zero-order valence-electron chi connectivity index (χ0n) is 17.1. The molecule has 1 aromatic rings. The molecule has 4 nitrogen and oxygen atoms in total. The first-order valence-electron chi connectivity index (χ1n) is 9.59. The van der Waals surface area contributed by atoms with Gasteiger partial charge in [0.15, 0.2) is 5.96 Å². The molecule has 0 saturated heterocycles. The monoisotopic (exact) mass is 369 g/mol. The van der Waals surface area contributed by atoms with Crippen molar-refractivity contribution < 1.29 is 4.74 Å². The fraction of sp³-hybridized carbons (Fsp3) is 0.435. The highest BCUT2D eigenvalue weighted by Gasteiger charge is 2.14. The lowest BCUT2D eigenvalue weighted by molar-refractivity contribution is 0.308. The lowest BCUT2D eigenvalue weighted by atomic mass is 9.84. The van der Waals surface area contributed by atoms with E-state index in [-0.39, 0.29) is 11.4 Å². The van der Waals surface area contributed by atoms with Gasteiger partial charge in [-0.05, 0) is 57.2 Å². The average molecular weight is 370 g/mol. The fourth-order valence-corrected chi connectivity index (χ4v) is 2.50. The first kappa shape index (κ1) is 22.6. The van der Waals surface area contributed by atoms with E-state index in [1.807, 2.05) is 18.2 Å². The molecule has 0 bridgehead atoms. The van der Waals surface area contributed by atoms with Gasteiger partial charge in [-0.15, -0.1) is 6.58 Å². The first-order valence-corrected chi connectivity index (χ1v) is 9.59. The van der Waals surface area contributed by atoms with Crippen LogP contribution in [0.4, 0.5) is 0 Å². The molecule has 1 aromatic carbocycles. The minimum atomic E-state index is -0.00345. The van der Waals surface area contributed by atoms with Crippen LogP contribution in [-0.4, -0.2) is 19.1 Å². The van der Waals surface area contributed by atoms with Gasteiger partial charge in [-0.3, -0.25) is 4.99 Å². The van der Waals surface area contributed by atoms with Crippen molar-refractivity contribution in [2.45, 2.75) is 46.5 Å². The summed E-state index contributed by atoms with van der Waals surface area (Å²) in [5.41, 5.74) is 13.1. The highest BCUT2D eigenvalue weighted by molar-refractivity contribution is 5.75. The number of ether oxygens (including phenoxy) is 1. The molecule has 1 atom stereocenters. The number of benzene rings is 1. The second-order valence-corrected chi connectivity index (χ2v) is 7.29. The largest absolute Gasteiger partial charge is 0.494 e. The highest BCUT2D eigenvalue weighted by atomic mass is 16.5. The quantitative estimate of drug-likeness (QED) is 0.234. The number of nitrogens with zero attached hydrogens (tertiary/aromatic N) is 1. The number of aliphatic imine (C=N–C) groups is 1. The van der Waals surface area contributed by atoms with Crippen LogP contribution < -0.4 is 16.2 Å². The number of allylic oxidation sites excluding steroid dienone is 4. The number of hydrogen-bond donors (Lipinski definition) is 2. The third-order valence-corrected chi connectivity index (χ3v) is 4.35. The van der Waals surface area contributed by atoms with Crippen LogP contribution in [0, 0.1) is 5.41 Å². The van der Waals surface area contributed by atoms with Crippen molar-refractivity contribution >= 4 is 12.0 Å². The minimum Gasteiger partial charge on any atom is -0.494 e. The van der Waals surface area contributed by atoms with Crippen LogP contribution in [0.2, 0.25) is 0 Å². The Hall–Kier alpha value is -2.49. The van der Waals surface area contributed by atoms with Crippen LogP contribution in [0.1, 0.15) is 52.0 Å². The topological polar surface area (TPSA) is 73.6 Å². The summed E-state index contributed by atoms with van der Waals surface area (Å²) in [5, 5.41) is 0. The molecule has 0 spiro atoms. The van der Waals surface area contributed by atoms with Crippen LogP contribution in [0.5, 0.6) is 5.75 Å². The highest BCUT2D eigenvalue weighted by Crippen LogP contribution is 2.28. The molecule has 4 N–H and O–H groups in total. The Morgan fingerprint density at radius 3 is 2.48 bits per heavy atom. The van der Waals surface area contributed by atoms with Crippen LogP contribution in [0.3, 0.4) is 0 Å². The molecule has 0 fully saturated rings. The summed E-state index contributed by atoms with van der Waals surface area (Å²) in [7, 11) is 0. The molecule has 0 saturated carbocycles. The van der Waals surface area contributed by atoms with E-state index in [0.717, 1.165) is 37.0 Å². The molecule has 0 aromatic heterocycles. The van der Waals surface area contributed by atoms with E-state index >= 15 is 0 Å². The van der Waals surface area contributed by atoms with E-state index in [9.17, 15) is 0 Å². The Labute approximate surface area is 164 Å². The third-order valence-electron chi connectivity index (χ3n) is 4.35. The van der Waals surface area contributed by atoms with Crippen LogP contribution in [0.25, 0.3) is 6.08 Å². The van der Waals surface area contributed by atoms with Crippen LogP contribution in [0.15, 0.2) is 59.6 Å². The van der Waals surface area contributed by atoms with Crippen LogP contribution in [-0.2, 0) is 0 Å². The molecular formula is C23H35N3O. The van der Waals surface area contributed by atoms with Gasteiger partial charge in [0.05, 0.1) is 6.61 Å². The van der Waals surface area contributed by atoms with E-state index in [4.69, 9.17) is 16.2 Å². The maximum absolute atomic E-state index is 5.75. The molecule has 4 heteroatoms. The summed E-state index contributed by atoms with van der Waals surface area (Å²) in [6.45, 7) is 11.8. The van der Waals surface area contributed by atoms with E-state index in [1.54, 1.807) is 0 Å². The summed E-state index contributed by atoms with van der Waals surface area (Å²) in [6.07, 6.45) is 12.6. The normalized spacial score (nSPS) is 13.0. The van der Waals surface area contributed by atoms with Gasteiger partial charge in [0.25, 0.3) is 0 Å². The summed E-state index contributed by atoms with van der Waals surface area (Å²) >= 11 is 0. The molecule has 0 heterocycles. The fourth-order valence-electron chi connectivity index (χ4n) is 2.50. The lowest BCUT2D eigenvalue weighted by Crippen LogP contribution is -2.23. The molecule has 27 heavy (non-hydrogen) atoms. The Morgan fingerprint density at radius 2 is 1.89 bits per heavy atom. The van der Waals surface area contributed by atoms with Gasteiger partial charge in [0, 0.05) is 12.0 Å². The van der Waals surface area contributed by atoms with Gasteiger partial charge in [-0.25, -0.2) is 0 Å². The first-order chi connectivity index (χ1) is 12.8. The van der Waals surface area contributed by atoms with Crippen molar-refractivity contribution in [3.8, 4) is 5.75 Å². The minimum absolute atomic E-state index is 0.00345. The summed E-state index contributed by atoms with van der Waals surface area (Å²) < 4.78 is 5.75. The predicted octanol–water partition coefficient (Wildman–Crippen LogP) is 5.07. The van der Waals surface area contributed by atoms with E-state index < -0.39 is 0 Å². The van der Waals surface area contributed by atoms with Crippen molar-refractivity contribution in [1.29, 1.82) is 0 Å². The van der Waals surface area contributed by atoms with Crippen molar-refractivity contribution in [3.63, 3.8) is 0 Å². The number of hydrogen-bond acceptors (Lipinski definition) is 2. The second-order valence-electron chi connectivity index (χ2n) is 7.29. The maximum atomic E-state index is 5.75. The van der Waals surface area contributed by atoms with Crippen molar-refractivity contribution in [2.75, 3.05) is 13.2 Å². The SMILES string of the molecule is C=C[C@@](C)(/C=C/c1ccc(OCCCCN=C(N)N)cc1)CCC=C(C)C. The van der Waals surface area contributed by atoms with E-state index in [2.05, 4.69) is 62.7 Å². The van der Waals surface area contributed by atoms with Crippen molar-refractivity contribution in [1.82, 2.24) is 0 Å². The maximum Gasteiger partial charge on any atom is 0.185 e. The summed E-state index contributed by atoms with van der Waals surface area (Å²) in [5.74, 6) is 1.02. The zero-order chi connectivity index (χ0) is 20.1. The van der Waals surface area contributed by atoms with E-state index in [1.165, 1.54) is 5.57 Å². The average Bonchev–Trinajstić information content (AvgIpc) is 2.63. The van der Waals surface area contributed by atoms with Crippen LogP contribution >= 0.6 is 0 Å². The Balaban J connectivity index is 2.48. The number of unbranched alkanes of at least 4 members (excludes halogenated alkanes) is 1. The molecule has 0 unspecified atom stereocenters. The Morgan fingerprint density at radius 1 is 1.19 bits per heavy atom. The molecule has 1 rings (SSSR count). The molecular weight excluding hydrogens is 334 g/mol. The van der Waals surface area contributed by atoms with Gasteiger partial charge in [-0.1, -0.05) is 48.9 Å². The predicted molar refractivity (Wildman–Crippen MR) is 118 cm³/mol. The van der Waals surface area contributed by atoms with Gasteiger partial charge < -0.3 is 16.2 Å². The van der Waals surface area contributed by atoms with Gasteiger partial charge in [0.2, 0.25) is 0 Å². The van der Waals surface area contributed by atoms with Gasteiger partial charge >= 0.3 is 0 Å². The number of rotatable bonds is 12. The molecule has 148 valence electrons. The smallest absolute Gasteiger partial charge is 0.185 e. The molecule has 0 amide bonds. The second kappa shape index (κ2) is 12.0. The molecule has 0 radical (unpaired) electrons. The molecule has 0 aliphatic heterocycles. The standard InChI is InChI=1S/C23H35N3O/c1-5-23(4,15-8-9-19(2)3)16-14-20-10-12-21(13-11-20)27-18-7-6-17-26-22(24)25/h5,9-14,16H,1,6-8,15,17-18H2,2-4H3,(H4,24,25,26)/b16-14+/t23-/m1/s1. The number of guanidine groups is 1. The lowest BCUT2D eigenvalue weighted by Gasteiger charge is -2.20. The Bertz CT molecular complexity index is 651. The summed E-state index contributed by atoms with van der Waals surface area (Å²) in [4.78, 5) is 3.95. The Kier molecular flexibility index (Phi) is 10.0. The van der Waals surface area contributed by atoms with Crippen molar-refractivity contribution in [3.05, 3.63) is 60.2 Å². The molecule has 0 aliphatic carbocycles. The van der Waals surface area contributed by atoms with Gasteiger partial charge in [0.1, 0.15) is 5.75 Å². The van der Waals surface area contributed by atoms with Gasteiger partial charge in [-0.2, -0.15) is 0 Å². The summed E-state index contributed by atoms with van der Waals surface area (Å²) in [6, 6.07) is 8.16. The van der Waals surface area contributed by atoms with E-state index in [0.29, 0.717) is 13.2 Å².